The van der Waals surface area contributed by atoms with Crippen LogP contribution in [0.4, 0.5) is 0 Å². The van der Waals surface area contributed by atoms with Crippen LogP contribution in [0.15, 0.2) is 28.7 Å². The van der Waals surface area contributed by atoms with Crippen molar-refractivity contribution in [1.82, 2.24) is 0 Å². The van der Waals surface area contributed by atoms with Crippen LogP contribution in [0.5, 0.6) is 0 Å². The van der Waals surface area contributed by atoms with Gasteiger partial charge in [-0.25, -0.2) is 0 Å². The number of benzene rings is 1. The Labute approximate surface area is 109 Å². The number of carboxylic acid groups (broad SMARTS) is 1. The lowest BCUT2D eigenvalue weighted by atomic mass is 9.75. The first kappa shape index (κ1) is 12.6. The normalized spacial score (nSPS) is 17.5. The van der Waals surface area contributed by atoms with Crippen molar-refractivity contribution in [3.63, 3.8) is 0 Å². The second-order valence-electron chi connectivity index (χ2n) is 4.53. The molecule has 1 saturated heterocycles. The summed E-state index contributed by atoms with van der Waals surface area (Å²) in [5.41, 5.74) is 1.27. The average molecular weight is 299 g/mol. The lowest BCUT2D eigenvalue weighted by Crippen LogP contribution is -2.46. The molecule has 0 unspecified atom stereocenters. The molecule has 1 N–H and O–H groups in total. The van der Waals surface area contributed by atoms with E-state index in [1.54, 1.807) is 0 Å². The van der Waals surface area contributed by atoms with E-state index in [4.69, 9.17) is 9.84 Å². The van der Waals surface area contributed by atoms with Gasteiger partial charge in [0, 0.05) is 16.3 Å². The monoisotopic (exact) mass is 298 g/mol. The van der Waals surface area contributed by atoms with Crippen LogP contribution >= 0.6 is 15.9 Å². The molecule has 1 aliphatic heterocycles. The van der Waals surface area contributed by atoms with Crippen molar-refractivity contribution in [2.24, 2.45) is 0 Å². The summed E-state index contributed by atoms with van der Waals surface area (Å²) in [6.07, 6.45) is 1.80. The van der Waals surface area contributed by atoms with E-state index in [0.717, 1.165) is 10.9 Å². The van der Waals surface area contributed by atoms with Crippen molar-refractivity contribution in [2.75, 3.05) is 13.2 Å². The standard InChI is InChI=1S/C13H15BrO3/c14-11-4-1-3-10(7-11)13(8-17-9-13)6-2-5-12(15)16/h1,3-4,7H,2,5-6,8-9H2,(H,15,16). The number of hydrogen-bond acceptors (Lipinski definition) is 2. The number of rotatable bonds is 5. The zero-order valence-corrected chi connectivity index (χ0v) is 11.1. The van der Waals surface area contributed by atoms with Crippen molar-refractivity contribution in [3.8, 4) is 0 Å². The molecule has 3 nitrogen and oxygen atoms in total. The number of halogens is 1. The molecule has 0 radical (unpaired) electrons. The van der Waals surface area contributed by atoms with E-state index in [2.05, 4.69) is 28.1 Å². The van der Waals surface area contributed by atoms with Crippen LogP contribution in [-0.2, 0) is 14.9 Å². The maximum absolute atomic E-state index is 10.5. The summed E-state index contributed by atoms with van der Waals surface area (Å²) in [6, 6.07) is 8.20. The second kappa shape index (κ2) is 5.19. The minimum absolute atomic E-state index is 0.0270. The molecule has 1 aromatic carbocycles. The fourth-order valence-electron chi connectivity index (χ4n) is 2.20. The molecular weight excluding hydrogens is 284 g/mol. The van der Waals surface area contributed by atoms with Crippen LogP contribution in [0.25, 0.3) is 0 Å². The van der Waals surface area contributed by atoms with Gasteiger partial charge < -0.3 is 9.84 Å². The van der Waals surface area contributed by atoms with Crippen LogP contribution in [0.1, 0.15) is 24.8 Å². The highest BCUT2D eigenvalue weighted by molar-refractivity contribution is 9.10. The Bertz CT molecular complexity index is 413. The molecule has 0 amide bonds. The maximum atomic E-state index is 10.5. The Morgan fingerprint density at radius 1 is 1.47 bits per heavy atom. The van der Waals surface area contributed by atoms with Crippen LogP contribution in [-0.4, -0.2) is 24.3 Å². The summed E-state index contributed by atoms with van der Waals surface area (Å²) in [4.78, 5) is 10.5. The molecule has 0 spiro atoms. The van der Waals surface area contributed by atoms with Gasteiger partial charge in [-0.15, -0.1) is 0 Å². The Morgan fingerprint density at radius 2 is 2.24 bits per heavy atom. The third-order valence-corrected chi connectivity index (χ3v) is 3.73. The number of carbonyl (C=O) groups is 1. The maximum Gasteiger partial charge on any atom is 0.303 e. The summed E-state index contributed by atoms with van der Waals surface area (Å²) in [7, 11) is 0. The van der Waals surface area contributed by atoms with Gasteiger partial charge in [0.2, 0.25) is 0 Å². The molecule has 1 fully saturated rings. The molecule has 0 aromatic heterocycles. The lowest BCUT2D eigenvalue weighted by molar-refractivity contribution is -0.137. The van der Waals surface area contributed by atoms with Gasteiger partial charge >= 0.3 is 5.97 Å². The minimum atomic E-state index is -0.727. The lowest BCUT2D eigenvalue weighted by Gasteiger charge is -2.42. The predicted molar refractivity (Wildman–Crippen MR) is 68.1 cm³/mol. The Kier molecular flexibility index (Phi) is 3.84. The molecule has 2 rings (SSSR count). The van der Waals surface area contributed by atoms with Gasteiger partial charge in [0.25, 0.3) is 0 Å². The van der Waals surface area contributed by atoms with Crippen molar-refractivity contribution in [3.05, 3.63) is 34.3 Å². The smallest absolute Gasteiger partial charge is 0.303 e. The molecule has 0 atom stereocenters. The molecule has 0 bridgehead atoms. The van der Waals surface area contributed by atoms with E-state index in [1.165, 1.54) is 5.56 Å². The van der Waals surface area contributed by atoms with Crippen molar-refractivity contribution in [1.29, 1.82) is 0 Å². The van der Waals surface area contributed by atoms with Gasteiger partial charge in [0.05, 0.1) is 13.2 Å². The third-order valence-electron chi connectivity index (χ3n) is 3.24. The van der Waals surface area contributed by atoms with E-state index in [1.807, 2.05) is 12.1 Å². The fourth-order valence-corrected chi connectivity index (χ4v) is 2.60. The Hall–Kier alpha value is -0.870. The van der Waals surface area contributed by atoms with E-state index in [0.29, 0.717) is 19.6 Å². The molecule has 1 aliphatic rings. The molecule has 17 heavy (non-hydrogen) atoms. The van der Waals surface area contributed by atoms with Crippen molar-refractivity contribution in [2.45, 2.75) is 24.7 Å². The third kappa shape index (κ3) is 2.87. The van der Waals surface area contributed by atoms with E-state index >= 15 is 0 Å². The quantitative estimate of drug-likeness (QED) is 0.909. The van der Waals surface area contributed by atoms with Gasteiger partial charge in [0.15, 0.2) is 0 Å². The SMILES string of the molecule is O=C(O)CCCC1(c2cccc(Br)c2)COC1. The van der Waals surface area contributed by atoms with Gasteiger partial charge in [0.1, 0.15) is 0 Å². The van der Waals surface area contributed by atoms with Crippen LogP contribution in [0, 0.1) is 0 Å². The van der Waals surface area contributed by atoms with Crippen LogP contribution in [0.3, 0.4) is 0 Å². The van der Waals surface area contributed by atoms with Crippen LogP contribution in [0.2, 0.25) is 0 Å². The Balaban J connectivity index is 2.06. The average Bonchev–Trinajstić information content (AvgIpc) is 2.21. The first-order valence-corrected chi connectivity index (χ1v) is 6.47. The van der Waals surface area contributed by atoms with Gasteiger partial charge in [-0.3, -0.25) is 4.79 Å². The van der Waals surface area contributed by atoms with Gasteiger partial charge in [-0.05, 0) is 30.5 Å². The van der Waals surface area contributed by atoms with Gasteiger partial charge in [-0.2, -0.15) is 0 Å². The highest BCUT2D eigenvalue weighted by Gasteiger charge is 2.39. The van der Waals surface area contributed by atoms with Crippen LogP contribution < -0.4 is 0 Å². The topological polar surface area (TPSA) is 46.5 Å². The summed E-state index contributed by atoms with van der Waals surface area (Å²) >= 11 is 3.46. The zero-order valence-electron chi connectivity index (χ0n) is 9.49. The molecule has 92 valence electrons. The zero-order chi connectivity index (χ0) is 12.3. The van der Waals surface area contributed by atoms with E-state index in [9.17, 15) is 4.79 Å². The Morgan fingerprint density at radius 3 is 2.76 bits per heavy atom. The van der Waals surface area contributed by atoms with Crippen molar-refractivity contribution >= 4 is 21.9 Å². The molecule has 1 aromatic rings. The van der Waals surface area contributed by atoms with Crippen molar-refractivity contribution < 1.29 is 14.6 Å². The largest absolute Gasteiger partial charge is 0.481 e. The second-order valence-corrected chi connectivity index (χ2v) is 5.45. The first-order chi connectivity index (χ1) is 8.12. The molecule has 0 aliphatic carbocycles. The minimum Gasteiger partial charge on any atom is -0.481 e. The number of carboxylic acids is 1. The summed E-state index contributed by atoms with van der Waals surface area (Å²) in [5.74, 6) is -0.727. The predicted octanol–water partition coefficient (Wildman–Crippen LogP) is 2.97. The highest BCUT2D eigenvalue weighted by Crippen LogP contribution is 2.38. The molecule has 4 heteroatoms. The fraction of sp³-hybridized carbons (Fsp3) is 0.462. The summed E-state index contributed by atoms with van der Waals surface area (Å²) in [6.45, 7) is 1.39. The van der Waals surface area contributed by atoms with E-state index in [-0.39, 0.29) is 11.8 Å². The summed E-state index contributed by atoms with van der Waals surface area (Å²) < 4.78 is 6.38. The highest BCUT2D eigenvalue weighted by atomic mass is 79.9. The molecule has 1 heterocycles. The summed E-state index contributed by atoms with van der Waals surface area (Å²) in [5, 5.41) is 8.68. The number of aliphatic carboxylic acids is 1. The van der Waals surface area contributed by atoms with Gasteiger partial charge in [-0.1, -0.05) is 28.1 Å². The first-order valence-electron chi connectivity index (χ1n) is 5.68. The molecular formula is C13H15BrO3. The number of ether oxygens (including phenoxy) is 1. The van der Waals surface area contributed by atoms with E-state index < -0.39 is 5.97 Å². The number of hydrogen-bond donors (Lipinski definition) is 1. The molecule has 0 saturated carbocycles.